The first kappa shape index (κ1) is 16.5. The molecule has 0 spiro atoms. The zero-order valence-electron chi connectivity index (χ0n) is 11.1. The van der Waals surface area contributed by atoms with Gasteiger partial charge in [-0.2, -0.15) is 8.70 Å². The molecule has 7 nitrogen and oxygen atoms in total. The molecule has 1 aromatic carbocycles. The van der Waals surface area contributed by atoms with Crippen LogP contribution in [-0.4, -0.2) is 44.5 Å². The van der Waals surface area contributed by atoms with Gasteiger partial charge in [-0.05, 0) is 6.07 Å². The molecule has 0 saturated carbocycles. The SMILES string of the molecule is CCN(CCOC)S(=O)(=O)c1ccc([N+](=O)[O-])c(F)c1. The molecule has 0 saturated heterocycles. The van der Waals surface area contributed by atoms with E-state index in [-0.39, 0.29) is 24.6 Å². The van der Waals surface area contributed by atoms with Crippen LogP contribution in [0.5, 0.6) is 0 Å². The number of nitro benzene ring substituents is 1. The zero-order chi connectivity index (χ0) is 15.3. The molecule has 0 radical (unpaired) electrons. The fourth-order valence-corrected chi connectivity index (χ4v) is 3.03. The Morgan fingerprint density at radius 3 is 2.55 bits per heavy atom. The molecule has 112 valence electrons. The van der Waals surface area contributed by atoms with E-state index in [4.69, 9.17) is 4.74 Å². The second-order valence-electron chi connectivity index (χ2n) is 3.86. The van der Waals surface area contributed by atoms with Crippen LogP contribution in [0.2, 0.25) is 0 Å². The lowest BCUT2D eigenvalue weighted by Gasteiger charge is -2.19. The standard InChI is InChI=1S/C11H15FN2O5S/c1-3-13(6-7-19-2)20(17,18)9-4-5-11(14(15)16)10(12)8-9/h4-5,8H,3,6-7H2,1-2H3. The van der Waals surface area contributed by atoms with Crippen LogP contribution < -0.4 is 0 Å². The highest BCUT2D eigenvalue weighted by atomic mass is 32.2. The maximum Gasteiger partial charge on any atom is 0.304 e. The van der Waals surface area contributed by atoms with E-state index in [2.05, 4.69) is 0 Å². The Balaban J connectivity index is 3.15. The van der Waals surface area contributed by atoms with Gasteiger partial charge in [0.1, 0.15) is 0 Å². The molecule has 0 fully saturated rings. The molecule has 0 aromatic heterocycles. The average Bonchev–Trinajstić information content (AvgIpc) is 2.38. The highest BCUT2D eigenvalue weighted by Gasteiger charge is 2.25. The van der Waals surface area contributed by atoms with Gasteiger partial charge in [0.15, 0.2) is 0 Å². The van der Waals surface area contributed by atoms with Crippen molar-refractivity contribution >= 4 is 15.7 Å². The number of hydrogen-bond donors (Lipinski definition) is 0. The number of ether oxygens (including phenoxy) is 1. The van der Waals surface area contributed by atoms with Gasteiger partial charge < -0.3 is 4.74 Å². The molecule has 0 bridgehead atoms. The molecule has 0 aliphatic heterocycles. The van der Waals surface area contributed by atoms with E-state index in [0.717, 1.165) is 16.4 Å². The smallest absolute Gasteiger partial charge is 0.304 e. The van der Waals surface area contributed by atoms with Gasteiger partial charge in [0, 0.05) is 32.3 Å². The van der Waals surface area contributed by atoms with Crippen molar-refractivity contribution in [3.05, 3.63) is 34.1 Å². The summed E-state index contributed by atoms with van der Waals surface area (Å²) in [5, 5.41) is 10.5. The number of methoxy groups -OCH3 is 1. The van der Waals surface area contributed by atoms with Crippen molar-refractivity contribution in [1.29, 1.82) is 0 Å². The van der Waals surface area contributed by atoms with Crippen molar-refractivity contribution in [3.8, 4) is 0 Å². The van der Waals surface area contributed by atoms with Gasteiger partial charge in [-0.25, -0.2) is 8.42 Å². The molecule has 0 heterocycles. The lowest BCUT2D eigenvalue weighted by atomic mass is 10.3. The lowest BCUT2D eigenvalue weighted by molar-refractivity contribution is -0.387. The predicted molar refractivity (Wildman–Crippen MR) is 69.4 cm³/mol. The second kappa shape index (κ2) is 6.73. The lowest BCUT2D eigenvalue weighted by Crippen LogP contribution is -2.33. The van der Waals surface area contributed by atoms with E-state index in [1.54, 1.807) is 6.92 Å². The van der Waals surface area contributed by atoms with E-state index in [1.165, 1.54) is 7.11 Å². The number of nitro groups is 1. The molecule has 0 aliphatic carbocycles. The Morgan fingerprint density at radius 1 is 1.45 bits per heavy atom. The number of nitrogens with zero attached hydrogens (tertiary/aromatic N) is 2. The third-order valence-corrected chi connectivity index (χ3v) is 4.62. The minimum Gasteiger partial charge on any atom is -0.383 e. The number of likely N-dealkylation sites (N-methyl/N-ethyl adjacent to an activating group) is 1. The third-order valence-electron chi connectivity index (χ3n) is 2.65. The number of halogens is 1. The molecule has 0 N–H and O–H groups in total. The summed E-state index contributed by atoms with van der Waals surface area (Å²) in [7, 11) is -2.46. The topological polar surface area (TPSA) is 89.8 Å². The second-order valence-corrected chi connectivity index (χ2v) is 5.80. The van der Waals surface area contributed by atoms with E-state index in [1.807, 2.05) is 0 Å². The van der Waals surface area contributed by atoms with Crippen LogP contribution in [0, 0.1) is 15.9 Å². The van der Waals surface area contributed by atoms with Crippen molar-refractivity contribution in [2.24, 2.45) is 0 Å². The maximum absolute atomic E-state index is 13.5. The van der Waals surface area contributed by atoms with Crippen LogP contribution in [0.3, 0.4) is 0 Å². The first-order chi connectivity index (χ1) is 9.34. The monoisotopic (exact) mass is 306 g/mol. The highest BCUT2D eigenvalue weighted by molar-refractivity contribution is 7.89. The average molecular weight is 306 g/mol. The fourth-order valence-electron chi connectivity index (χ4n) is 1.59. The number of sulfonamides is 1. The van der Waals surface area contributed by atoms with Crippen molar-refractivity contribution < 1.29 is 22.5 Å². The zero-order valence-corrected chi connectivity index (χ0v) is 11.9. The molecule has 9 heteroatoms. The van der Waals surface area contributed by atoms with Crippen molar-refractivity contribution in [2.75, 3.05) is 26.8 Å². The number of hydrogen-bond acceptors (Lipinski definition) is 5. The first-order valence-corrected chi connectivity index (χ1v) is 7.21. The van der Waals surface area contributed by atoms with E-state index in [0.29, 0.717) is 6.07 Å². The molecule has 1 aromatic rings. The van der Waals surface area contributed by atoms with Gasteiger partial charge >= 0.3 is 5.69 Å². The molecule has 20 heavy (non-hydrogen) atoms. The van der Waals surface area contributed by atoms with E-state index < -0.39 is 26.5 Å². The van der Waals surface area contributed by atoms with Gasteiger partial charge in [0.2, 0.25) is 15.8 Å². The van der Waals surface area contributed by atoms with Gasteiger partial charge in [0.05, 0.1) is 16.4 Å². The van der Waals surface area contributed by atoms with Crippen LogP contribution in [0.15, 0.2) is 23.1 Å². The minimum atomic E-state index is -3.90. The van der Waals surface area contributed by atoms with Crippen molar-refractivity contribution in [1.82, 2.24) is 4.31 Å². The van der Waals surface area contributed by atoms with E-state index in [9.17, 15) is 22.9 Å². The normalized spacial score (nSPS) is 11.8. The Bertz CT molecular complexity index is 590. The van der Waals surface area contributed by atoms with Crippen LogP contribution in [-0.2, 0) is 14.8 Å². The first-order valence-electron chi connectivity index (χ1n) is 5.77. The summed E-state index contributed by atoms with van der Waals surface area (Å²) in [5.74, 6) is -1.18. The number of benzene rings is 1. The van der Waals surface area contributed by atoms with E-state index >= 15 is 0 Å². The molecule has 1 rings (SSSR count). The van der Waals surface area contributed by atoms with Crippen LogP contribution in [0.1, 0.15) is 6.92 Å². The minimum absolute atomic E-state index is 0.119. The highest BCUT2D eigenvalue weighted by Crippen LogP contribution is 2.23. The fraction of sp³-hybridized carbons (Fsp3) is 0.455. The maximum atomic E-state index is 13.5. The Hall–Kier alpha value is -1.58. The van der Waals surface area contributed by atoms with Crippen LogP contribution in [0.4, 0.5) is 10.1 Å². The molecule has 0 aliphatic rings. The van der Waals surface area contributed by atoms with Gasteiger partial charge in [0.25, 0.3) is 0 Å². The van der Waals surface area contributed by atoms with Crippen molar-refractivity contribution in [3.63, 3.8) is 0 Å². The third kappa shape index (κ3) is 3.50. The Labute approximate surface area is 116 Å². The molecular weight excluding hydrogens is 291 g/mol. The molecule has 0 unspecified atom stereocenters. The molecule has 0 atom stereocenters. The summed E-state index contributed by atoms with van der Waals surface area (Å²) in [6.45, 7) is 2.13. The summed E-state index contributed by atoms with van der Waals surface area (Å²) in [6.07, 6.45) is 0. The summed E-state index contributed by atoms with van der Waals surface area (Å²) in [6, 6.07) is 2.52. The quantitative estimate of drug-likeness (QED) is 0.561. The number of rotatable bonds is 7. The van der Waals surface area contributed by atoms with Gasteiger partial charge in [-0.15, -0.1) is 0 Å². The van der Waals surface area contributed by atoms with Gasteiger partial charge in [-0.3, -0.25) is 10.1 Å². The Morgan fingerprint density at radius 2 is 2.10 bits per heavy atom. The Kier molecular flexibility index (Phi) is 5.54. The largest absolute Gasteiger partial charge is 0.383 e. The molecule has 0 amide bonds. The summed E-state index contributed by atoms with van der Waals surface area (Å²) in [4.78, 5) is 9.27. The molecular formula is C11H15FN2O5S. The summed E-state index contributed by atoms with van der Waals surface area (Å²) >= 11 is 0. The van der Waals surface area contributed by atoms with Gasteiger partial charge in [-0.1, -0.05) is 6.92 Å². The summed E-state index contributed by atoms with van der Waals surface area (Å²) < 4.78 is 43.9. The van der Waals surface area contributed by atoms with Crippen LogP contribution >= 0.6 is 0 Å². The van der Waals surface area contributed by atoms with Crippen LogP contribution in [0.25, 0.3) is 0 Å². The summed E-state index contributed by atoms with van der Waals surface area (Å²) in [5.41, 5.74) is -0.760. The van der Waals surface area contributed by atoms with Crippen molar-refractivity contribution in [2.45, 2.75) is 11.8 Å². The predicted octanol–water partition coefficient (Wildman–Crippen LogP) is 1.39.